The van der Waals surface area contributed by atoms with Gasteiger partial charge in [-0.25, -0.2) is 0 Å². The minimum Gasteiger partial charge on any atom is -0.583 e. The molecule has 193 valence electrons. The van der Waals surface area contributed by atoms with Gasteiger partial charge in [0, 0.05) is 50.6 Å². The van der Waals surface area contributed by atoms with Gasteiger partial charge in [0.05, 0.1) is 0 Å². The minimum atomic E-state index is -2.61. The van der Waals surface area contributed by atoms with E-state index in [4.69, 9.17) is 16.8 Å². The Morgan fingerprint density at radius 3 is 2.39 bits per heavy atom. The largest absolute Gasteiger partial charge is 0.583 e. The Labute approximate surface area is 253 Å². The van der Waals surface area contributed by atoms with Crippen LogP contribution < -0.4 is 9.61 Å². The van der Waals surface area contributed by atoms with E-state index in [1.807, 2.05) is 30.5 Å². The molecule has 3 aromatic carbocycles. The van der Waals surface area contributed by atoms with Crippen molar-refractivity contribution in [2.24, 2.45) is 0 Å². The van der Waals surface area contributed by atoms with Crippen LogP contribution in [0.15, 0.2) is 91.3 Å². The van der Waals surface area contributed by atoms with Gasteiger partial charge in [0.2, 0.25) is 0 Å². The van der Waals surface area contributed by atoms with Crippen molar-refractivity contribution in [2.45, 2.75) is 33.6 Å². The zero-order valence-electron chi connectivity index (χ0n) is 29.8. The van der Waals surface area contributed by atoms with E-state index in [0.29, 0.717) is 5.56 Å². The minimum absolute atomic E-state index is 0. The van der Waals surface area contributed by atoms with Crippen LogP contribution in [0.2, 0.25) is 13.1 Å². The Hall–Kier alpha value is -3.37. The first kappa shape index (κ1) is 18.0. The van der Waals surface area contributed by atoms with E-state index in [0.717, 1.165) is 28.8 Å². The molecule has 3 nitrogen and oxygen atoms in total. The van der Waals surface area contributed by atoms with Gasteiger partial charge in [-0.1, -0.05) is 66.0 Å². The third-order valence-corrected chi connectivity index (χ3v) is 8.53. The number of nitrogens with zero attached hydrogens (tertiary/aromatic N) is 2. The summed E-state index contributed by atoms with van der Waals surface area (Å²) in [5, 5.41) is 1.35. The summed E-state index contributed by atoms with van der Waals surface area (Å²) in [5.74, 6) is 0.927. The van der Waals surface area contributed by atoms with Gasteiger partial charge in [0.1, 0.15) is 0 Å². The standard InChI is InChI=1S/C19H16NOSi.C14H14N.Ir/c1-22(2)18-12-4-3-8-14(18)15-9-7-10-16(19(15)21-22)17-11-5-6-13-20-17;1-10-4-6-13(7-5-10)14-8-11(2)12(3)9-15-14;/h3-9,11-13H,1-2H3;4-6,8-9H,1-3H3;/q2*-1;/i;1D3,2D3,3D3;. The van der Waals surface area contributed by atoms with Gasteiger partial charge < -0.3 is 14.4 Å². The summed E-state index contributed by atoms with van der Waals surface area (Å²) in [6, 6.07) is 29.9. The number of aryl methyl sites for hydroxylation is 3. The van der Waals surface area contributed by atoms with E-state index in [1.165, 1.54) is 35.0 Å². The zero-order chi connectivity index (χ0) is 33.5. The quantitative estimate of drug-likeness (QED) is 0.142. The number of hydrogen-bond acceptors (Lipinski definition) is 3. The molecule has 0 spiro atoms. The summed E-state index contributed by atoms with van der Waals surface area (Å²) in [7, 11) is -1.97. The maximum absolute atomic E-state index is 7.54. The van der Waals surface area contributed by atoms with E-state index >= 15 is 0 Å². The van der Waals surface area contributed by atoms with Crippen LogP contribution in [0.1, 0.15) is 29.0 Å². The second-order valence-electron chi connectivity index (χ2n) is 9.07. The number of rotatable bonds is 2. The third kappa shape index (κ3) is 5.71. The van der Waals surface area contributed by atoms with Gasteiger partial charge in [-0.15, -0.1) is 53.6 Å². The molecule has 1 aliphatic heterocycles. The first-order valence-corrected chi connectivity index (χ1v) is 14.7. The number of aromatic nitrogens is 2. The van der Waals surface area contributed by atoms with Crippen LogP contribution in [0.25, 0.3) is 33.6 Å². The van der Waals surface area contributed by atoms with Crippen molar-refractivity contribution in [3.63, 3.8) is 0 Å². The summed E-state index contributed by atoms with van der Waals surface area (Å²) < 4.78 is 73.4. The SMILES string of the molecule is C[Si]1(C)Oc2c(-c3ccccn3)[c-]ccc2-c2ccccc21.[2H]C([2H])([2H])c1c[c-]c(-c2cc(C([2H])([2H])[2H])c(C([2H])([2H])[2H])cn2)cc1.[Ir]. The summed E-state index contributed by atoms with van der Waals surface area (Å²) in [6.07, 6.45) is 2.83. The van der Waals surface area contributed by atoms with Crippen molar-refractivity contribution >= 4 is 13.5 Å². The first-order chi connectivity index (χ1) is 21.5. The Balaban J connectivity index is 0.000000209. The number of pyridine rings is 2. The normalized spacial score (nSPS) is 17.1. The van der Waals surface area contributed by atoms with Gasteiger partial charge in [-0.2, -0.15) is 0 Å². The second-order valence-corrected chi connectivity index (χ2v) is 12.8. The van der Waals surface area contributed by atoms with Crippen molar-refractivity contribution < 1.29 is 36.9 Å². The van der Waals surface area contributed by atoms with Gasteiger partial charge in [0.25, 0.3) is 8.32 Å². The maximum Gasteiger partial charge on any atom is 0.264 e. The molecular weight excluding hydrogens is 661 g/mol. The molecule has 0 saturated heterocycles. The Bertz CT molecular complexity index is 1840. The smallest absolute Gasteiger partial charge is 0.264 e. The first-order valence-electron chi connectivity index (χ1n) is 16.3. The van der Waals surface area contributed by atoms with Crippen LogP contribution in [0.4, 0.5) is 0 Å². The Morgan fingerprint density at radius 1 is 0.816 bits per heavy atom. The Kier molecular flexibility index (Phi) is 5.48. The van der Waals surface area contributed by atoms with Crippen molar-refractivity contribution in [1.82, 2.24) is 9.97 Å². The Morgan fingerprint density at radius 2 is 1.66 bits per heavy atom. The average Bonchev–Trinajstić information content (AvgIpc) is 3.00. The predicted octanol–water partition coefficient (Wildman–Crippen LogP) is 7.49. The van der Waals surface area contributed by atoms with Gasteiger partial charge in [0.15, 0.2) is 0 Å². The molecular formula is C33H30IrN2OSi-2. The van der Waals surface area contributed by atoms with E-state index in [2.05, 4.69) is 65.5 Å². The molecule has 2 aromatic heterocycles. The number of fused-ring (bicyclic) bond motifs is 3. The molecule has 3 heterocycles. The van der Waals surface area contributed by atoms with E-state index < -0.39 is 28.9 Å². The number of benzene rings is 3. The summed E-state index contributed by atoms with van der Waals surface area (Å²) in [5.41, 5.74) is 4.34. The molecule has 5 heteroatoms. The van der Waals surface area contributed by atoms with Crippen LogP contribution >= 0.6 is 0 Å². The third-order valence-electron chi connectivity index (χ3n) is 6.09. The average molecular weight is 700 g/mol. The molecule has 0 N–H and O–H groups in total. The fraction of sp³-hybridized carbons (Fsp3) is 0.152. The molecule has 0 unspecified atom stereocenters. The maximum atomic E-state index is 7.54. The van der Waals surface area contributed by atoms with Crippen molar-refractivity contribution in [2.75, 3.05) is 0 Å². The van der Waals surface area contributed by atoms with Crippen molar-refractivity contribution in [1.29, 1.82) is 0 Å². The molecule has 5 aromatic rings. The molecule has 1 radical (unpaired) electrons. The van der Waals surface area contributed by atoms with Crippen molar-refractivity contribution in [3.8, 4) is 39.4 Å². The predicted molar refractivity (Wildman–Crippen MR) is 154 cm³/mol. The molecule has 0 atom stereocenters. The molecule has 0 fully saturated rings. The fourth-order valence-electron chi connectivity index (χ4n) is 4.24. The topological polar surface area (TPSA) is 35.0 Å². The summed E-state index contributed by atoms with van der Waals surface area (Å²) >= 11 is 0. The van der Waals surface area contributed by atoms with Crippen LogP contribution in [0, 0.1) is 32.7 Å². The van der Waals surface area contributed by atoms with E-state index in [9.17, 15) is 0 Å². The van der Waals surface area contributed by atoms with Crippen LogP contribution in [0.3, 0.4) is 0 Å². The van der Waals surface area contributed by atoms with Crippen LogP contribution in [0.5, 0.6) is 5.75 Å². The molecule has 1 aliphatic rings. The monoisotopic (exact) mass is 700 g/mol. The van der Waals surface area contributed by atoms with E-state index in [1.54, 1.807) is 0 Å². The van der Waals surface area contributed by atoms with Gasteiger partial charge in [-0.3, -0.25) is 0 Å². The van der Waals surface area contributed by atoms with Gasteiger partial charge in [-0.05, 0) is 60.6 Å². The molecule has 6 rings (SSSR count). The molecule has 0 bridgehead atoms. The van der Waals surface area contributed by atoms with Crippen LogP contribution in [-0.2, 0) is 20.1 Å². The molecule has 38 heavy (non-hydrogen) atoms. The fourth-order valence-corrected chi connectivity index (χ4v) is 6.44. The molecule has 0 saturated carbocycles. The van der Waals surface area contributed by atoms with Crippen molar-refractivity contribution in [3.05, 3.63) is 120 Å². The number of hydrogen-bond donors (Lipinski definition) is 0. The zero-order valence-corrected chi connectivity index (χ0v) is 24.2. The van der Waals surface area contributed by atoms with Gasteiger partial charge >= 0.3 is 0 Å². The van der Waals surface area contributed by atoms with E-state index in [-0.39, 0.29) is 42.5 Å². The molecule has 0 amide bonds. The summed E-state index contributed by atoms with van der Waals surface area (Å²) in [4.78, 5) is 8.46. The summed E-state index contributed by atoms with van der Waals surface area (Å²) in [6.45, 7) is -2.99. The van der Waals surface area contributed by atoms with Crippen LogP contribution in [-0.4, -0.2) is 18.3 Å². The molecule has 0 aliphatic carbocycles. The second kappa shape index (κ2) is 11.6.